The summed E-state index contributed by atoms with van der Waals surface area (Å²) in [5.74, 6) is 0.120. The maximum Gasteiger partial charge on any atom is 0.251 e. The lowest BCUT2D eigenvalue weighted by Gasteiger charge is -2.17. The number of nitrogens with zero attached hydrogens (tertiary/aromatic N) is 1. The molecule has 140 valence electrons. The Morgan fingerprint density at radius 2 is 1.88 bits per heavy atom. The van der Waals surface area contributed by atoms with E-state index >= 15 is 0 Å². The van der Waals surface area contributed by atoms with Crippen LogP contribution in [-0.4, -0.2) is 50.0 Å². The minimum atomic E-state index is -0.139. The van der Waals surface area contributed by atoms with Crippen LogP contribution in [0.1, 0.15) is 44.5 Å². The molecule has 0 aliphatic heterocycles. The predicted molar refractivity (Wildman–Crippen MR) is 101 cm³/mol. The van der Waals surface area contributed by atoms with Crippen molar-refractivity contribution in [3.8, 4) is 5.75 Å². The van der Waals surface area contributed by atoms with Crippen molar-refractivity contribution >= 4 is 17.5 Å². The van der Waals surface area contributed by atoms with Crippen molar-refractivity contribution in [2.24, 2.45) is 5.92 Å². The van der Waals surface area contributed by atoms with Crippen molar-refractivity contribution < 1.29 is 14.3 Å². The summed E-state index contributed by atoms with van der Waals surface area (Å²) in [7, 11) is 1.52. The molecule has 0 aliphatic rings. The highest BCUT2D eigenvalue weighted by Gasteiger charge is 2.13. The van der Waals surface area contributed by atoms with E-state index in [0.29, 0.717) is 23.5 Å². The lowest BCUT2D eigenvalue weighted by Crippen LogP contribution is -2.30. The van der Waals surface area contributed by atoms with Gasteiger partial charge in [-0.05, 0) is 44.3 Å². The fourth-order valence-corrected chi connectivity index (χ4v) is 2.36. The number of benzene rings is 1. The van der Waals surface area contributed by atoms with Gasteiger partial charge in [0, 0.05) is 18.0 Å². The fourth-order valence-electron chi connectivity index (χ4n) is 2.36. The van der Waals surface area contributed by atoms with Crippen LogP contribution in [0.5, 0.6) is 5.75 Å². The van der Waals surface area contributed by atoms with Crippen molar-refractivity contribution in [3.63, 3.8) is 0 Å². The van der Waals surface area contributed by atoms with Gasteiger partial charge in [0.2, 0.25) is 5.91 Å². The van der Waals surface area contributed by atoms with E-state index < -0.39 is 0 Å². The smallest absolute Gasteiger partial charge is 0.251 e. The minimum absolute atomic E-state index is 0.0908. The molecule has 1 aromatic rings. The van der Waals surface area contributed by atoms with Gasteiger partial charge in [-0.15, -0.1) is 0 Å². The molecule has 0 aromatic heterocycles. The van der Waals surface area contributed by atoms with E-state index in [2.05, 4.69) is 29.4 Å². The predicted octanol–water partition coefficient (Wildman–Crippen LogP) is 2.75. The van der Waals surface area contributed by atoms with Crippen molar-refractivity contribution in [1.29, 1.82) is 0 Å². The highest BCUT2D eigenvalue weighted by atomic mass is 16.5. The second-order valence-corrected chi connectivity index (χ2v) is 6.20. The van der Waals surface area contributed by atoms with Crippen LogP contribution in [0.25, 0.3) is 0 Å². The molecule has 0 aliphatic carbocycles. The zero-order valence-electron chi connectivity index (χ0n) is 16.0. The summed E-state index contributed by atoms with van der Waals surface area (Å²) in [6.45, 7) is 11.5. The second-order valence-electron chi connectivity index (χ2n) is 6.20. The third-order valence-electron chi connectivity index (χ3n) is 4.08. The van der Waals surface area contributed by atoms with Crippen LogP contribution in [0, 0.1) is 5.92 Å². The van der Waals surface area contributed by atoms with Gasteiger partial charge in [0.15, 0.2) is 0 Å². The number of rotatable bonds is 10. The number of ether oxygens (including phenoxy) is 1. The van der Waals surface area contributed by atoms with Crippen molar-refractivity contribution in [1.82, 2.24) is 10.2 Å². The molecule has 1 rings (SSSR count). The summed E-state index contributed by atoms with van der Waals surface area (Å²) in [6, 6.07) is 5.04. The third kappa shape index (κ3) is 6.74. The number of amides is 2. The number of anilines is 1. The van der Waals surface area contributed by atoms with Gasteiger partial charge in [0.1, 0.15) is 5.75 Å². The molecule has 6 nitrogen and oxygen atoms in total. The van der Waals surface area contributed by atoms with E-state index in [-0.39, 0.29) is 17.7 Å². The molecule has 25 heavy (non-hydrogen) atoms. The Hall–Kier alpha value is -2.08. The van der Waals surface area contributed by atoms with Gasteiger partial charge in [-0.1, -0.05) is 27.7 Å². The first-order chi connectivity index (χ1) is 11.9. The Morgan fingerprint density at radius 1 is 1.20 bits per heavy atom. The zero-order chi connectivity index (χ0) is 18.8. The summed E-state index contributed by atoms with van der Waals surface area (Å²) < 4.78 is 5.30. The highest BCUT2D eigenvalue weighted by molar-refractivity contribution is 5.97. The maximum absolute atomic E-state index is 12.3. The lowest BCUT2D eigenvalue weighted by molar-refractivity contribution is -0.118. The molecular weight excluding hydrogens is 318 g/mol. The summed E-state index contributed by atoms with van der Waals surface area (Å²) in [6.07, 6.45) is 0.910. The van der Waals surface area contributed by atoms with Crippen LogP contribution >= 0.6 is 0 Å². The van der Waals surface area contributed by atoms with Crippen LogP contribution < -0.4 is 15.4 Å². The Kier molecular flexibility index (Phi) is 8.99. The SMILES string of the molecule is CCN(CC)CCCNC(=O)c1ccc(NC(=O)C(C)C)c(OC)c1. The molecule has 0 bridgehead atoms. The van der Waals surface area contributed by atoms with Gasteiger partial charge in [0.25, 0.3) is 5.91 Å². The first kappa shape index (κ1) is 21.0. The van der Waals surface area contributed by atoms with E-state index in [4.69, 9.17) is 4.74 Å². The summed E-state index contributed by atoms with van der Waals surface area (Å²) >= 11 is 0. The van der Waals surface area contributed by atoms with Crippen molar-refractivity contribution in [2.45, 2.75) is 34.1 Å². The first-order valence-electron chi connectivity index (χ1n) is 8.92. The van der Waals surface area contributed by atoms with Crippen LogP contribution in [-0.2, 0) is 4.79 Å². The molecule has 0 saturated carbocycles. The van der Waals surface area contributed by atoms with Gasteiger partial charge in [-0.25, -0.2) is 0 Å². The highest BCUT2D eigenvalue weighted by Crippen LogP contribution is 2.26. The maximum atomic E-state index is 12.3. The zero-order valence-corrected chi connectivity index (χ0v) is 16.0. The average Bonchev–Trinajstić information content (AvgIpc) is 2.61. The Labute approximate surface area is 150 Å². The molecule has 0 fully saturated rings. The quantitative estimate of drug-likeness (QED) is 0.637. The Morgan fingerprint density at radius 3 is 2.44 bits per heavy atom. The summed E-state index contributed by atoms with van der Waals surface area (Å²) in [5.41, 5.74) is 1.08. The molecule has 0 radical (unpaired) electrons. The lowest BCUT2D eigenvalue weighted by atomic mass is 10.1. The summed E-state index contributed by atoms with van der Waals surface area (Å²) in [5, 5.41) is 5.73. The number of carbonyl (C=O) groups excluding carboxylic acids is 2. The van der Waals surface area contributed by atoms with E-state index in [1.54, 1.807) is 18.2 Å². The molecule has 0 atom stereocenters. The molecule has 0 saturated heterocycles. The van der Waals surface area contributed by atoms with Gasteiger partial charge >= 0.3 is 0 Å². The monoisotopic (exact) mass is 349 g/mol. The van der Waals surface area contributed by atoms with Crippen LogP contribution in [0.4, 0.5) is 5.69 Å². The van der Waals surface area contributed by atoms with Gasteiger partial charge in [-0.3, -0.25) is 9.59 Å². The molecule has 2 amide bonds. The molecule has 0 spiro atoms. The molecule has 1 aromatic carbocycles. The van der Waals surface area contributed by atoms with E-state index in [0.717, 1.165) is 26.1 Å². The van der Waals surface area contributed by atoms with Gasteiger partial charge < -0.3 is 20.3 Å². The first-order valence-corrected chi connectivity index (χ1v) is 8.92. The van der Waals surface area contributed by atoms with E-state index in [9.17, 15) is 9.59 Å². The fraction of sp³-hybridized carbons (Fsp3) is 0.579. The summed E-state index contributed by atoms with van der Waals surface area (Å²) in [4.78, 5) is 26.4. The van der Waals surface area contributed by atoms with E-state index in [1.165, 1.54) is 7.11 Å². The largest absolute Gasteiger partial charge is 0.495 e. The number of hydrogen-bond donors (Lipinski definition) is 2. The van der Waals surface area contributed by atoms with Crippen molar-refractivity contribution in [3.05, 3.63) is 23.8 Å². The number of nitrogens with one attached hydrogen (secondary N) is 2. The Bertz CT molecular complexity index is 569. The van der Waals surface area contributed by atoms with Crippen LogP contribution in [0.15, 0.2) is 18.2 Å². The molecule has 0 unspecified atom stereocenters. The minimum Gasteiger partial charge on any atom is -0.495 e. The standard InChI is InChI=1S/C19H31N3O3/c1-6-22(7-2)12-8-11-20-19(24)15-9-10-16(17(13-15)25-5)21-18(23)14(3)4/h9-10,13-14H,6-8,11-12H2,1-5H3,(H,20,24)(H,21,23). The average molecular weight is 349 g/mol. The Balaban J connectivity index is 2.63. The number of hydrogen-bond acceptors (Lipinski definition) is 4. The van der Waals surface area contributed by atoms with Gasteiger partial charge in [0.05, 0.1) is 12.8 Å². The number of carbonyl (C=O) groups is 2. The molecule has 2 N–H and O–H groups in total. The molecule has 6 heteroatoms. The van der Waals surface area contributed by atoms with Crippen molar-refractivity contribution in [2.75, 3.05) is 38.6 Å². The van der Waals surface area contributed by atoms with Gasteiger partial charge in [-0.2, -0.15) is 0 Å². The second kappa shape index (κ2) is 10.7. The molecule has 0 heterocycles. The van der Waals surface area contributed by atoms with Crippen LogP contribution in [0.2, 0.25) is 0 Å². The van der Waals surface area contributed by atoms with E-state index in [1.807, 2.05) is 13.8 Å². The molecular formula is C19H31N3O3. The normalized spacial score (nSPS) is 10.8. The third-order valence-corrected chi connectivity index (χ3v) is 4.08. The topological polar surface area (TPSA) is 70.7 Å². The number of methoxy groups -OCH3 is 1. The van der Waals surface area contributed by atoms with Crippen LogP contribution in [0.3, 0.4) is 0 Å².